The molecule has 0 atom stereocenters. The number of rotatable bonds is 7. The van der Waals surface area contributed by atoms with Crippen LogP contribution in [0.5, 0.6) is 11.5 Å². The van der Waals surface area contributed by atoms with Crippen LogP contribution in [-0.4, -0.2) is 39.0 Å². The van der Waals surface area contributed by atoms with Gasteiger partial charge in [-0.25, -0.2) is 13.1 Å². The van der Waals surface area contributed by atoms with E-state index in [4.69, 9.17) is 21.1 Å². The SMILES string of the molecule is COc1ccc(S(=O)(=O)NC(=O)Cc2cn(C(=O)c3ccc(Cl)cc3)c3ccc(OC)cc23)cc1. The predicted octanol–water partition coefficient (Wildman–Crippen LogP) is 4.05. The molecule has 0 aliphatic carbocycles. The van der Waals surface area contributed by atoms with E-state index in [0.717, 1.165) is 0 Å². The first-order chi connectivity index (χ1) is 16.7. The van der Waals surface area contributed by atoms with E-state index in [2.05, 4.69) is 4.72 Å². The Labute approximate surface area is 207 Å². The molecule has 1 heterocycles. The number of sulfonamides is 1. The van der Waals surface area contributed by atoms with Gasteiger partial charge in [-0.15, -0.1) is 0 Å². The molecule has 0 unspecified atom stereocenters. The molecule has 0 aliphatic heterocycles. The number of amides is 1. The summed E-state index contributed by atoms with van der Waals surface area (Å²) in [6, 6.07) is 17.2. The molecular weight excluding hydrogens is 492 g/mol. The number of carbonyl (C=O) groups is 2. The van der Waals surface area contributed by atoms with Gasteiger partial charge in [0, 0.05) is 22.2 Å². The minimum atomic E-state index is -4.09. The highest BCUT2D eigenvalue weighted by molar-refractivity contribution is 7.90. The average molecular weight is 513 g/mol. The van der Waals surface area contributed by atoms with Crippen LogP contribution in [0.1, 0.15) is 15.9 Å². The molecule has 1 N–H and O–H groups in total. The van der Waals surface area contributed by atoms with Crippen molar-refractivity contribution in [1.29, 1.82) is 0 Å². The maximum atomic E-state index is 13.2. The Balaban J connectivity index is 1.65. The number of halogens is 1. The number of methoxy groups -OCH3 is 2. The van der Waals surface area contributed by atoms with Crippen molar-refractivity contribution < 1.29 is 27.5 Å². The van der Waals surface area contributed by atoms with E-state index in [9.17, 15) is 18.0 Å². The molecule has 0 aliphatic rings. The van der Waals surface area contributed by atoms with Crippen LogP contribution in [0, 0.1) is 0 Å². The lowest BCUT2D eigenvalue weighted by atomic mass is 10.1. The van der Waals surface area contributed by atoms with Gasteiger partial charge in [0.15, 0.2) is 0 Å². The van der Waals surface area contributed by atoms with Gasteiger partial charge in [-0.05, 0) is 72.3 Å². The third kappa shape index (κ3) is 5.16. The van der Waals surface area contributed by atoms with Gasteiger partial charge in [-0.3, -0.25) is 14.2 Å². The summed E-state index contributed by atoms with van der Waals surface area (Å²) in [7, 11) is -1.12. The molecule has 0 bridgehead atoms. The highest BCUT2D eigenvalue weighted by Gasteiger charge is 2.21. The van der Waals surface area contributed by atoms with Gasteiger partial charge >= 0.3 is 0 Å². The topological polar surface area (TPSA) is 104 Å². The van der Waals surface area contributed by atoms with Gasteiger partial charge in [0.25, 0.3) is 15.9 Å². The summed E-state index contributed by atoms with van der Waals surface area (Å²) in [6.45, 7) is 0. The molecule has 10 heteroatoms. The average Bonchev–Trinajstić information content (AvgIpc) is 3.21. The van der Waals surface area contributed by atoms with E-state index in [1.54, 1.807) is 42.5 Å². The molecule has 0 spiro atoms. The molecule has 0 fully saturated rings. The third-order valence-corrected chi connectivity index (χ3v) is 7.01. The van der Waals surface area contributed by atoms with Gasteiger partial charge < -0.3 is 9.47 Å². The largest absolute Gasteiger partial charge is 0.497 e. The molecule has 1 amide bonds. The number of nitrogens with zero attached hydrogens (tertiary/aromatic N) is 1. The van der Waals surface area contributed by atoms with Crippen LogP contribution >= 0.6 is 11.6 Å². The summed E-state index contributed by atoms with van der Waals surface area (Å²) in [4.78, 5) is 25.9. The van der Waals surface area contributed by atoms with Crippen LogP contribution in [-0.2, 0) is 21.2 Å². The normalized spacial score (nSPS) is 11.3. The second-order valence-electron chi connectivity index (χ2n) is 7.60. The number of benzene rings is 3. The van der Waals surface area contributed by atoms with Crippen LogP contribution in [0.4, 0.5) is 0 Å². The second-order valence-corrected chi connectivity index (χ2v) is 9.72. The molecular formula is C25H21ClN2O6S. The van der Waals surface area contributed by atoms with Gasteiger partial charge in [-0.2, -0.15) is 0 Å². The quantitative estimate of drug-likeness (QED) is 0.400. The number of carbonyl (C=O) groups excluding carboxylic acids is 2. The van der Waals surface area contributed by atoms with Gasteiger partial charge in [0.2, 0.25) is 5.91 Å². The van der Waals surface area contributed by atoms with E-state index >= 15 is 0 Å². The molecule has 8 nitrogen and oxygen atoms in total. The number of aromatic nitrogens is 1. The highest BCUT2D eigenvalue weighted by atomic mass is 35.5. The third-order valence-electron chi connectivity index (χ3n) is 5.37. The molecule has 1 aromatic heterocycles. The van der Waals surface area contributed by atoms with E-state index in [0.29, 0.717) is 38.6 Å². The minimum Gasteiger partial charge on any atom is -0.497 e. The summed E-state index contributed by atoms with van der Waals surface area (Å²) in [5, 5.41) is 1.09. The van der Waals surface area contributed by atoms with E-state index < -0.39 is 15.9 Å². The monoisotopic (exact) mass is 512 g/mol. The number of hydrogen-bond donors (Lipinski definition) is 1. The maximum Gasteiger partial charge on any atom is 0.264 e. The zero-order valence-corrected chi connectivity index (χ0v) is 20.4. The zero-order valence-electron chi connectivity index (χ0n) is 18.8. The van der Waals surface area contributed by atoms with Gasteiger partial charge in [-0.1, -0.05) is 11.6 Å². The van der Waals surface area contributed by atoms with Crippen LogP contribution in [0.2, 0.25) is 5.02 Å². The Kier molecular flexibility index (Phi) is 6.81. The van der Waals surface area contributed by atoms with Crippen LogP contribution in [0.25, 0.3) is 10.9 Å². The molecule has 3 aromatic carbocycles. The molecule has 0 saturated carbocycles. The van der Waals surface area contributed by atoms with Crippen molar-refractivity contribution in [3.63, 3.8) is 0 Å². The van der Waals surface area contributed by atoms with Crippen molar-refractivity contribution in [2.75, 3.05) is 14.2 Å². The molecule has 0 radical (unpaired) electrons. The Morgan fingerprint density at radius 3 is 2.17 bits per heavy atom. The zero-order chi connectivity index (χ0) is 25.2. The van der Waals surface area contributed by atoms with E-state index in [1.807, 2.05) is 0 Å². The fourth-order valence-electron chi connectivity index (χ4n) is 3.62. The molecule has 0 saturated heterocycles. The first-order valence-electron chi connectivity index (χ1n) is 10.4. The lowest BCUT2D eigenvalue weighted by molar-refractivity contribution is -0.118. The first-order valence-corrected chi connectivity index (χ1v) is 12.3. The summed E-state index contributed by atoms with van der Waals surface area (Å²) in [5.74, 6) is -0.0555. The van der Waals surface area contributed by atoms with E-state index in [1.165, 1.54) is 49.2 Å². The summed E-state index contributed by atoms with van der Waals surface area (Å²) in [6.07, 6.45) is 1.25. The Hall–Kier alpha value is -3.82. The van der Waals surface area contributed by atoms with Crippen LogP contribution in [0.3, 0.4) is 0 Å². The standard InChI is InChI=1S/C25H21ClN2O6S/c1-33-19-7-10-21(11-8-19)35(31,32)27-24(29)13-17-15-28(23-12-9-20(34-2)14-22(17)23)25(30)16-3-5-18(26)6-4-16/h3-12,14-15H,13H2,1-2H3,(H,27,29). The molecule has 4 rings (SSSR count). The molecule has 180 valence electrons. The Morgan fingerprint density at radius 1 is 0.914 bits per heavy atom. The van der Waals surface area contributed by atoms with E-state index in [-0.39, 0.29) is 17.2 Å². The maximum absolute atomic E-state index is 13.2. The van der Waals surface area contributed by atoms with Crippen molar-refractivity contribution in [2.24, 2.45) is 0 Å². The number of nitrogens with one attached hydrogen (secondary N) is 1. The number of fused-ring (bicyclic) bond motifs is 1. The fourth-order valence-corrected chi connectivity index (χ4v) is 4.73. The van der Waals surface area contributed by atoms with Crippen molar-refractivity contribution in [2.45, 2.75) is 11.3 Å². The van der Waals surface area contributed by atoms with Crippen LogP contribution < -0.4 is 14.2 Å². The Morgan fingerprint density at radius 2 is 1.54 bits per heavy atom. The fraction of sp³-hybridized carbons (Fsp3) is 0.120. The van der Waals surface area contributed by atoms with Crippen molar-refractivity contribution in [3.05, 3.63) is 89.1 Å². The predicted molar refractivity (Wildman–Crippen MR) is 132 cm³/mol. The first kappa shape index (κ1) is 24.3. The number of hydrogen-bond acceptors (Lipinski definition) is 6. The highest BCUT2D eigenvalue weighted by Crippen LogP contribution is 2.28. The molecule has 4 aromatic rings. The van der Waals surface area contributed by atoms with Crippen molar-refractivity contribution in [1.82, 2.24) is 9.29 Å². The minimum absolute atomic E-state index is 0.0753. The molecule has 35 heavy (non-hydrogen) atoms. The Bertz CT molecular complexity index is 1510. The summed E-state index contributed by atoms with van der Waals surface area (Å²) in [5.41, 5.74) is 1.41. The second kappa shape index (κ2) is 9.81. The lowest BCUT2D eigenvalue weighted by Gasteiger charge is -2.08. The summed E-state index contributed by atoms with van der Waals surface area (Å²) < 4.78 is 39.1. The summed E-state index contributed by atoms with van der Waals surface area (Å²) >= 11 is 5.93. The van der Waals surface area contributed by atoms with Crippen molar-refractivity contribution in [3.8, 4) is 11.5 Å². The van der Waals surface area contributed by atoms with Gasteiger partial charge in [0.05, 0.1) is 31.1 Å². The van der Waals surface area contributed by atoms with Crippen LogP contribution in [0.15, 0.2) is 77.8 Å². The van der Waals surface area contributed by atoms with Crippen molar-refractivity contribution >= 4 is 44.3 Å². The lowest BCUT2D eigenvalue weighted by Crippen LogP contribution is -2.31. The van der Waals surface area contributed by atoms with Gasteiger partial charge in [0.1, 0.15) is 11.5 Å². The smallest absolute Gasteiger partial charge is 0.264 e. The number of ether oxygens (including phenoxy) is 2.